The first-order valence-electron chi connectivity index (χ1n) is 4.58. The van der Waals surface area contributed by atoms with Crippen LogP contribution in [0, 0.1) is 0 Å². The van der Waals surface area contributed by atoms with Gasteiger partial charge in [0, 0.05) is 6.04 Å². The van der Waals surface area contributed by atoms with E-state index in [2.05, 4.69) is 13.8 Å². The molecule has 0 aliphatic carbocycles. The monoisotopic (exact) mass is 209 g/mol. The van der Waals surface area contributed by atoms with E-state index < -0.39 is 0 Å². The molecule has 0 unspecified atom stereocenters. The van der Waals surface area contributed by atoms with Crippen LogP contribution in [0.4, 0.5) is 0 Å². The van der Waals surface area contributed by atoms with Gasteiger partial charge < -0.3 is 15.6 Å². The standard InChI is InChI=1S/C9H19NO2.ClH/c1-9(2)4-3-8(12-9)5-7(10)6-11;/h7-8,11H,3-6,10H2,1-2H3;1H/t7-,8-;/m1./s1. The Balaban J connectivity index is 0.00000144. The SMILES string of the molecule is CC1(C)CC[C@H](C[C@@H](N)CO)O1.Cl. The van der Waals surface area contributed by atoms with Crippen molar-refractivity contribution in [2.24, 2.45) is 5.73 Å². The zero-order valence-corrected chi connectivity index (χ0v) is 9.14. The van der Waals surface area contributed by atoms with Crippen LogP contribution in [0.1, 0.15) is 33.1 Å². The second-order valence-electron chi connectivity index (χ2n) is 4.22. The van der Waals surface area contributed by atoms with Gasteiger partial charge in [-0.15, -0.1) is 12.4 Å². The lowest BCUT2D eigenvalue weighted by Crippen LogP contribution is -2.30. The van der Waals surface area contributed by atoms with Crippen molar-refractivity contribution < 1.29 is 9.84 Å². The van der Waals surface area contributed by atoms with Gasteiger partial charge in [0.05, 0.1) is 18.3 Å². The van der Waals surface area contributed by atoms with Crippen LogP contribution in [0.25, 0.3) is 0 Å². The largest absolute Gasteiger partial charge is 0.395 e. The van der Waals surface area contributed by atoms with Gasteiger partial charge in [0.25, 0.3) is 0 Å². The van der Waals surface area contributed by atoms with Crippen LogP contribution in [-0.4, -0.2) is 29.5 Å². The summed E-state index contributed by atoms with van der Waals surface area (Å²) in [7, 11) is 0. The summed E-state index contributed by atoms with van der Waals surface area (Å²) < 4.78 is 5.73. The van der Waals surface area contributed by atoms with Gasteiger partial charge in [0.2, 0.25) is 0 Å². The molecule has 1 fully saturated rings. The molecule has 0 aromatic heterocycles. The molecule has 4 heteroatoms. The lowest BCUT2D eigenvalue weighted by molar-refractivity contribution is -0.0225. The Bertz CT molecular complexity index is 153. The predicted molar refractivity (Wildman–Crippen MR) is 55.1 cm³/mol. The summed E-state index contributed by atoms with van der Waals surface area (Å²) in [6.45, 7) is 4.25. The Morgan fingerprint density at radius 3 is 2.62 bits per heavy atom. The Morgan fingerprint density at radius 1 is 1.62 bits per heavy atom. The summed E-state index contributed by atoms with van der Waals surface area (Å²) in [5.74, 6) is 0. The molecule has 1 rings (SSSR count). The first kappa shape index (κ1) is 13.2. The van der Waals surface area contributed by atoms with E-state index in [1.165, 1.54) is 0 Å². The lowest BCUT2D eigenvalue weighted by atomic mass is 10.0. The van der Waals surface area contributed by atoms with Crippen LogP contribution in [0.15, 0.2) is 0 Å². The summed E-state index contributed by atoms with van der Waals surface area (Å²) >= 11 is 0. The van der Waals surface area contributed by atoms with Gasteiger partial charge in [-0.2, -0.15) is 0 Å². The molecule has 0 saturated carbocycles. The highest BCUT2D eigenvalue weighted by Crippen LogP contribution is 2.31. The number of halogens is 1. The number of ether oxygens (including phenoxy) is 1. The first-order chi connectivity index (χ1) is 5.53. The van der Waals surface area contributed by atoms with Crippen LogP contribution >= 0.6 is 12.4 Å². The van der Waals surface area contributed by atoms with Gasteiger partial charge in [-0.1, -0.05) is 0 Å². The van der Waals surface area contributed by atoms with E-state index in [4.69, 9.17) is 15.6 Å². The molecule has 1 heterocycles. The van der Waals surface area contributed by atoms with E-state index in [0.717, 1.165) is 19.3 Å². The molecule has 0 aromatic rings. The predicted octanol–water partition coefficient (Wildman–Crippen LogP) is 1.08. The minimum Gasteiger partial charge on any atom is -0.395 e. The third kappa shape index (κ3) is 4.27. The molecule has 13 heavy (non-hydrogen) atoms. The van der Waals surface area contributed by atoms with E-state index in [1.54, 1.807) is 0 Å². The van der Waals surface area contributed by atoms with Crippen molar-refractivity contribution in [3.63, 3.8) is 0 Å². The van der Waals surface area contributed by atoms with Gasteiger partial charge in [-0.3, -0.25) is 0 Å². The third-order valence-corrected chi connectivity index (χ3v) is 2.35. The van der Waals surface area contributed by atoms with E-state index in [-0.39, 0.29) is 36.8 Å². The van der Waals surface area contributed by atoms with Gasteiger partial charge >= 0.3 is 0 Å². The highest BCUT2D eigenvalue weighted by molar-refractivity contribution is 5.85. The minimum atomic E-state index is -0.121. The number of aliphatic hydroxyl groups excluding tert-OH is 1. The summed E-state index contributed by atoms with van der Waals surface area (Å²) in [5, 5.41) is 8.74. The average Bonchev–Trinajstić information content (AvgIpc) is 2.30. The molecule has 0 spiro atoms. The molecule has 1 aliphatic heterocycles. The lowest BCUT2D eigenvalue weighted by Gasteiger charge is -2.20. The van der Waals surface area contributed by atoms with Crippen LogP contribution in [-0.2, 0) is 4.74 Å². The topological polar surface area (TPSA) is 55.5 Å². The molecule has 0 aromatic carbocycles. The van der Waals surface area contributed by atoms with E-state index in [1.807, 2.05) is 0 Å². The fourth-order valence-corrected chi connectivity index (χ4v) is 1.66. The number of aliphatic hydroxyl groups is 1. The van der Waals surface area contributed by atoms with Crippen LogP contribution < -0.4 is 5.73 Å². The zero-order chi connectivity index (χ0) is 9.19. The maximum atomic E-state index is 8.74. The van der Waals surface area contributed by atoms with Crippen molar-refractivity contribution in [3.05, 3.63) is 0 Å². The number of nitrogens with two attached hydrogens (primary N) is 1. The Kier molecular flexibility index (Phi) is 5.22. The van der Waals surface area contributed by atoms with Gasteiger partial charge in [0.15, 0.2) is 0 Å². The van der Waals surface area contributed by atoms with Crippen molar-refractivity contribution in [1.29, 1.82) is 0 Å². The van der Waals surface area contributed by atoms with E-state index >= 15 is 0 Å². The molecule has 0 amide bonds. The van der Waals surface area contributed by atoms with Crippen molar-refractivity contribution >= 4 is 12.4 Å². The summed E-state index contributed by atoms with van der Waals surface area (Å²) in [5.41, 5.74) is 5.63. The Labute approximate surface area is 86.1 Å². The highest BCUT2D eigenvalue weighted by atomic mass is 35.5. The normalized spacial score (nSPS) is 28.2. The van der Waals surface area contributed by atoms with E-state index in [0.29, 0.717) is 0 Å². The molecule has 80 valence electrons. The molecule has 1 aliphatic rings. The highest BCUT2D eigenvalue weighted by Gasteiger charge is 2.32. The molecule has 0 bridgehead atoms. The average molecular weight is 210 g/mol. The maximum Gasteiger partial charge on any atom is 0.0631 e. The smallest absolute Gasteiger partial charge is 0.0631 e. The Hall–Kier alpha value is 0.170. The van der Waals surface area contributed by atoms with Crippen molar-refractivity contribution in [2.45, 2.75) is 50.9 Å². The molecular weight excluding hydrogens is 190 g/mol. The van der Waals surface area contributed by atoms with Crippen LogP contribution in [0.5, 0.6) is 0 Å². The summed E-state index contributed by atoms with van der Waals surface area (Å²) in [6.07, 6.45) is 3.19. The third-order valence-electron chi connectivity index (χ3n) is 2.35. The van der Waals surface area contributed by atoms with Gasteiger partial charge in [-0.05, 0) is 33.1 Å². The fraction of sp³-hybridized carbons (Fsp3) is 1.00. The van der Waals surface area contributed by atoms with Gasteiger partial charge in [0.1, 0.15) is 0 Å². The quantitative estimate of drug-likeness (QED) is 0.732. The van der Waals surface area contributed by atoms with Crippen molar-refractivity contribution in [2.75, 3.05) is 6.61 Å². The molecule has 1 saturated heterocycles. The molecule has 3 nitrogen and oxygen atoms in total. The molecule has 3 N–H and O–H groups in total. The molecule has 2 atom stereocenters. The Morgan fingerprint density at radius 2 is 2.23 bits per heavy atom. The number of hydrogen-bond donors (Lipinski definition) is 2. The van der Waals surface area contributed by atoms with E-state index in [9.17, 15) is 0 Å². The molecular formula is C9H20ClNO2. The zero-order valence-electron chi connectivity index (χ0n) is 8.32. The van der Waals surface area contributed by atoms with Gasteiger partial charge in [-0.25, -0.2) is 0 Å². The first-order valence-corrected chi connectivity index (χ1v) is 4.58. The van der Waals surface area contributed by atoms with Crippen molar-refractivity contribution in [1.82, 2.24) is 0 Å². The fourth-order valence-electron chi connectivity index (χ4n) is 1.66. The van der Waals surface area contributed by atoms with Crippen molar-refractivity contribution in [3.8, 4) is 0 Å². The summed E-state index contributed by atoms with van der Waals surface area (Å²) in [6, 6.07) is -0.121. The maximum absolute atomic E-state index is 8.74. The second-order valence-corrected chi connectivity index (χ2v) is 4.22. The molecule has 0 radical (unpaired) electrons. The number of hydrogen-bond acceptors (Lipinski definition) is 3. The number of rotatable bonds is 3. The van der Waals surface area contributed by atoms with Crippen LogP contribution in [0.2, 0.25) is 0 Å². The minimum absolute atomic E-state index is 0. The van der Waals surface area contributed by atoms with Crippen LogP contribution in [0.3, 0.4) is 0 Å². The second kappa shape index (κ2) is 5.15. The summed E-state index contributed by atoms with van der Waals surface area (Å²) in [4.78, 5) is 0.